The second-order valence-electron chi connectivity index (χ2n) is 5.22. The first kappa shape index (κ1) is 13.8. The lowest BCUT2D eigenvalue weighted by Gasteiger charge is -2.30. The molecular weight excluding hydrogens is 230 g/mol. The van der Waals surface area contributed by atoms with E-state index in [0.717, 1.165) is 6.42 Å². The summed E-state index contributed by atoms with van der Waals surface area (Å²) in [7, 11) is 0. The minimum atomic E-state index is 0.146. The molecule has 0 spiro atoms. The van der Waals surface area contributed by atoms with E-state index in [9.17, 15) is 0 Å². The second-order valence-corrected chi connectivity index (χ2v) is 5.22. The number of hydrogen-bond acceptors (Lipinski definition) is 1. The van der Waals surface area contributed by atoms with Crippen LogP contribution in [0, 0.1) is 0 Å². The molecule has 1 nitrogen and oxygen atoms in total. The van der Waals surface area contributed by atoms with Crippen molar-refractivity contribution in [2.24, 2.45) is 5.73 Å². The van der Waals surface area contributed by atoms with Crippen molar-refractivity contribution in [3.05, 3.63) is 71.8 Å². The lowest BCUT2D eigenvalue weighted by molar-refractivity contribution is 0.459. The van der Waals surface area contributed by atoms with Gasteiger partial charge in [-0.05, 0) is 30.4 Å². The van der Waals surface area contributed by atoms with Crippen LogP contribution in [0.1, 0.15) is 43.2 Å². The summed E-state index contributed by atoms with van der Waals surface area (Å²) in [6, 6.07) is 21.5. The summed E-state index contributed by atoms with van der Waals surface area (Å²) >= 11 is 0. The SMILES string of the molecule is CC[C@H](c1ccccc1)[C@@H](c1ccccc1)[C@H](C)N. The van der Waals surface area contributed by atoms with E-state index in [1.807, 2.05) is 0 Å². The average Bonchev–Trinajstić information content (AvgIpc) is 2.46. The highest BCUT2D eigenvalue weighted by molar-refractivity contribution is 5.29. The fraction of sp³-hybridized carbons (Fsp3) is 0.333. The molecule has 2 N–H and O–H groups in total. The van der Waals surface area contributed by atoms with Gasteiger partial charge in [-0.3, -0.25) is 0 Å². The van der Waals surface area contributed by atoms with Crippen molar-refractivity contribution >= 4 is 0 Å². The van der Waals surface area contributed by atoms with Crippen LogP contribution in [0.5, 0.6) is 0 Å². The van der Waals surface area contributed by atoms with Gasteiger partial charge in [-0.25, -0.2) is 0 Å². The number of benzene rings is 2. The molecule has 100 valence electrons. The normalized spacial score (nSPS) is 15.7. The molecule has 19 heavy (non-hydrogen) atoms. The Labute approximate surface area is 116 Å². The van der Waals surface area contributed by atoms with Crippen LogP contribution in [0.25, 0.3) is 0 Å². The van der Waals surface area contributed by atoms with Gasteiger partial charge in [0.1, 0.15) is 0 Å². The molecule has 0 aromatic heterocycles. The standard InChI is InChI=1S/C18H23N/c1-3-17(15-10-6-4-7-11-15)18(14(2)19)16-12-8-5-9-13-16/h4-14,17-18H,3,19H2,1-2H3/t14-,17+,18+/m0/s1. The van der Waals surface area contributed by atoms with Crippen LogP contribution in [0.3, 0.4) is 0 Å². The molecule has 0 aliphatic heterocycles. The predicted molar refractivity (Wildman–Crippen MR) is 82.3 cm³/mol. The van der Waals surface area contributed by atoms with Gasteiger partial charge >= 0.3 is 0 Å². The van der Waals surface area contributed by atoms with E-state index in [1.54, 1.807) is 0 Å². The Morgan fingerprint density at radius 2 is 1.32 bits per heavy atom. The largest absolute Gasteiger partial charge is 0.327 e. The van der Waals surface area contributed by atoms with Gasteiger partial charge in [-0.15, -0.1) is 0 Å². The molecule has 2 aromatic carbocycles. The zero-order valence-electron chi connectivity index (χ0n) is 11.8. The Morgan fingerprint density at radius 3 is 1.74 bits per heavy atom. The van der Waals surface area contributed by atoms with Crippen LogP contribution >= 0.6 is 0 Å². The maximum absolute atomic E-state index is 6.28. The summed E-state index contributed by atoms with van der Waals surface area (Å²) in [4.78, 5) is 0. The summed E-state index contributed by atoms with van der Waals surface area (Å²) in [5.74, 6) is 0.845. The molecule has 0 saturated carbocycles. The van der Waals surface area contributed by atoms with Crippen LogP contribution in [0.2, 0.25) is 0 Å². The lowest BCUT2D eigenvalue weighted by atomic mass is 9.76. The molecule has 2 rings (SSSR count). The Morgan fingerprint density at radius 1 is 0.842 bits per heavy atom. The van der Waals surface area contributed by atoms with Crippen LogP contribution in [-0.2, 0) is 0 Å². The van der Waals surface area contributed by atoms with E-state index in [2.05, 4.69) is 74.5 Å². The third-order valence-corrected chi connectivity index (χ3v) is 3.85. The molecule has 0 aliphatic carbocycles. The van der Waals surface area contributed by atoms with Crippen LogP contribution in [0.15, 0.2) is 60.7 Å². The van der Waals surface area contributed by atoms with Gasteiger partial charge in [0.2, 0.25) is 0 Å². The van der Waals surface area contributed by atoms with Crippen molar-refractivity contribution in [1.29, 1.82) is 0 Å². The maximum atomic E-state index is 6.28. The Hall–Kier alpha value is -1.60. The highest BCUT2D eigenvalue weighted by atomic mass is 14.6. The van der Waals surface area contributed by atoms with E-state index in [4.69, 9.17) is 5.73 Å². The van der Waals surface area contributed by atoms with Gasteiger partial charge in [-0.1, -0.05) is 67.6 Å². The number of nitrogens with two attached hydrogens (primary N) is 1. The fourth-order valence-electron chi connectivity index (χ4n) is 2.97. The van der Waals surface area contributed by atoms with Crippen molar-refractivity contribution in [3.8, 4) is 0 Å². The molecule has 0 heterocycles. The summed E-state index contributed by atoms with van der Waals surface area (Å²) in [5.41, 5.74) is 9.01. The molecule has 0 amide bonds. The lowest BCUT2D eigenvalue weighted by Crippen LogP contribution is -2.29. The van der Waals surface area contributed by atoms with Crippen molar-refractivity contribution in [1.82, 2.24) is 0 Å². The van der Waals surface area contributed by atoms with Crippen molar-refractivity contribution in [2.75, 3.05) is 0 Å². The first-order chi connectivity index (χ1) is 9.24. The minimum Gasteiger partial charge on any atom is -0.327 e. The van der Waals surface area contributed by atoms with E-state index >= 15 is 0 Å². The molecule has 1 heteroatoms. The Bertz CT molecular complexity index is 476. The van der Waals surface area contributed by atoms with Crippen molar-refractivity contribution < 1.29 is 0 Å². The molecule has 0 fully saturated rings. The third kappa shape index (κ3) is 3.24. The smallest absolute Gasteiger partial charge is 0.00852 e. The van der Waals surface area contributed by atoms with E-state index < -0.39 is 0 Å². The van der Waals surface area contributed by atoms with Gasteiger partial charge in [0, 0.05) is 12.0 Å². The highest BCUT2D eigenvalue weighted by Crippen LogP contribution is 2.37. The molecule has 2 aromatic rings. The molecule has 0 saturated heterocycles. The van der Waals surface area contributed by atoms with Crippen LogP contribution in [0.4, 0.5) is 0 Å². The molecule has 0 aliphatic rings. The fourth-order valence-corrected chi connectivity index (χ4v) is 2.97. The van der Waals surface area contributed by atoms with Crippen molar-refractivity contribution in [2.45, 2.75) is 38.1 Å². The Kier molecular flexibility index (Phi) is 4.75. The minimum absolute atomic E-state index is 0.146. The molecule has 0 radical (unpaired) electrons. The van der Waals surface area contributed by atoms with E-state index in [1.165, 1.54) is 11.1 Å². The first-order valence-corrected chi connectivity index (χ1v) is 7.09. The van der Waals surface area contributed by atoms with E-state index in [-0.39, 0.29) is 6.04 Å². The van der Waals surface area contributed by atoms with E-state index in [0.29, 0.717) is 11.8 Å². The zero-order chi connectivity index (χ0) is 13.7. The molecular formula is C18H23N. The monoisotopic (exact) mass is 253 g/mol. The van der Waals surface area contributed by atoms with Gasteiger partial charge < -0.3 is 5.73 Å². The number of rotatable bonds is 5. The average molecular weight is 253 g/mol. The Balaban J connectivity index is 2.38. The zero-order valence-corrected chi connectivity index (χ0v) is 11.8. The predicted octanol–water partition coefficient (Wildman–Crippen LogP) is 4.31. The summed E-state index contributed by atoms with van der Waals surface area (Å²) in [6.45, 7) is 4.36. The van der Waals surface area contributed by atoms with Crippen molar-refractivity contribution in [3.63, 3.8) is 0 Å². The summed E-state index contributed by atoms with van der Waals surface area (Å²) in [5, 5.41) is 0. The summed E-state index contributed by atoms with van der Waals surface area (Å²) < 4.78 is 0. The van der Waals surface area contributed by atoms with Crippen LogP contribution < -0.4 is 5.73 Å². The quantitative estimate of drug-likeness (QED) is 0.844. The topological polar surface area (TPSA) is 26.0 Å². The third-order valence-electron chi connectivity index (χ3n) is 3.85. The first-order valence-electron chi connectivity index (χ1n) is 7.09. The maximum Gasteiger partial charge on any atom is 0.00852 e. The van der Waals surface area contributed by atoms with Crippen LogP contribution in [-0.4, -0.2) is 6.04 Å². The molecule has 0 bridgehead atoms. The summed E-state index contributed by atoms with van der Waals surface area (Å²) in [6.07, 6.45) is 1.10. The highest BCUT2D eigenvalue weighted by Gasteiger charge is 2.26. The van der Waals surface area contributed by atoms with Gasteiger partial charge in [0.15, 0.2) is 0 Å². The van der Waals surface area contributed by atoms with Gasteiger partial charge in [0.05, 0.1) is 0 Å². The number of hydrogen-bond donors (Lipinski definition) is 1. The van der Waals surface area contributed by atoms with Gasteiger partial charge in [0.25, 0.3) is 0 Å². The molecule has 3 atom stereocenters. The molecule has 0 unspecified atom stereocenters. The second kappa shape index (κ2) is 6.53. The van der Waals surface area contributed by atoms with Gasteiger partial charge in [-0.2, -0.15) is 0 Å².